The van der Waals surface area contributed by atoms with Gasteiger partial charge in [0.15, 0.2) is 0 Å². The zero-order valence-corrected chi connectivity index (χ0v) is 13.8. The number of rotatable bonds is 5. The lowest BCUT2D eigenvalue weighted by molar-refractivity contribution is -0.111. The third-order valence-electron chi connectivity index (χ3n) is 3.44. The predicted octanol–water partition coefficient (Wildman–Crippen LogP) is 3.38. The van der Waals surface area contributed by atoms with Crippen molar-refractivity contribution < 1.29 is 9.59 Å². The van der Waals surface area contributed by atoms with Gasteiger partial charge in [-0.25, -0.2) is 4.98 Å². The van der Waals surface area contributed by atoms with E-state index in [-0.39, 0.29) is 11.8 Å². The van der Waals surface area contributed by atoms with Crippen molar-refractivity contribution in [2.24, 2.45) is 0 Å². The number of anilines is 2. The average molecular weight is 344 g/mol. The Labute approximate surface area is 150 Å². The third kappa shape index (κ3) is 4.85. The molecule has 26 heavy (non-hydrogen) atoms. The molecular formula is C20H16N4O2. The third-order valence-corrected chi connectivity index (χ3v) is 3.44. The van der Waals surface area contributed by atoms with Gasteiger partial charge in [-0.3, -0.25) is 14.6 Å². The van der Waals surface area contributed by atoms with Crippen LogP contribution in [0.2, 0.25) is 0 Å². The molecule has 0 spiro atoms. The Bertz CT molecular complexity index is 908. The number of aromatic nitrogens is 2. The smallest absolute Gasteiger partial charge is 0.256 e. The maximum atomic E-state index is 12.1. The number of amides is 2. The first-order valence-corrected chi connectivity index (χ1v) is 7.92. The monoisotopic (exact) mass is 344 g/mol. The molecule has 0 aliphatic rings. The standard InChI is InChI=1S/C20H16N4O2/c25-19(9-6-15-10-12-21-13-11-15)23-17-7-8-18(22-14-17)24-20(26)16-4-2-1-3-5-16/h1-14H,(H,23,25)(H,22,24,26). The van der Waals surface area contributed by atoms with Crippen LogP contribution < -0.4 is 10.6 Å². The van der Waals surface area contributed by atoms with Crippen molar-refractivity contribution in [3.05, 3.63) is 90.4 Å². The molecule has 0 bridgehead atoms. The highest BCUT2D eigenvalue weighted by molar-refractivity contribution is 6.04. The highest BCUT2D eigenvalue weighted by Crippen LogP contribution is 2.11. The molecular weight excluding hydrogens is 328 g/mol. The van der Waals surface area contributed by atoms with E-state index in [1.165, 1.54) is 12.3 Å². The van der Waals surface area contributed by atoms with Crippen LogP contribution >= 0.6 is 0 Å². The van der Waals surface area contributed by atoms with Gasteiger partial charge in [0.1, 0.15) is 5.82 Å². The Kier molecular flexibility index (Phi) is 5.47. The largest absolute Gasteiger partial charge is 0.321 e. The number of benzene rings is 1. The molecule has 2 N–H and O–H groups in total. The highest BCUT2D eigenvalue weighted by Gasteiger charge is 2.06. The number of hydrogen-bond acceptors (Lipinski definition) is 4. The molecule has 6 heteroatoms. The van der Waals surface area contributed by atoms with E-state index in [4.69, 9.17) is 0 Å². The fraction of sp³-hybridized carbons (Fsp3) is 0. The molecule has 2 amide bonds. The second kappa shape index (κ2) is 8.34. The summed E-state index contributed by atoms with van der Waals surface area (Å²) in [5.41, 5.74) is 1.97. The zero-order valence-electron chi connectivity index (χ0n) is 13.8. The minimum Gasteiger partial charge on any atom is -0.321 e. The van der Waals surface area contributed by atoms with Gasteiger partial charge in [0, 0.05) is 24.0 Å². The molecule has 6 nitrogen and oxygen atoms in total. The normalized spacial score (nSPS) is 10.5. The van der Waals surface area contributed by atoms with Gasteiger partial charge in [-0.1, -0.05) is 18.2 Å². The summed E-state index contributed by atoms with van der Waals surface area (Å²) in [5, 5.41) is 5.41. The topological polar surface area (TPSA) is 84.0 Å². The molecule has 0 aliphatic heterocycles. The Balaban J connectivity index is 1.56. The van der Waals surface area contributed by atoms with Crippen LogP contribution in [0.25, 0.3) is 6.08 Å². The zero-order chi connectivity index (χ0) is 18.2. The van der Waals surface area contributed by atoms with E-state index in [0.29, 0.717) is 17.1 Å². The number of carbonyl (C=O) groups is 2. The molecule has 3 rings (SSSR count). The lowest BCUT2D eigenvalue weighted by Crippen LogP contribution is -2.13. The Morgan fingerprint density at radius 2 is 1.65 bits per heavy atom. The maximum Gasteiger partial charge on any atom is 0.256 e. The number of pyridine rings is 2. The van der Waals surface area contributed by atoms with Crippen molar-refractivity contribution in [2.75, 3.05) is 10.6 Å². The molecule has 0 atom stereocenters. The van der Waals surface area contributed by atoms with Crippen LogP contribution in [0.4, 0.5) is 11.5 Å². The maximum absolute atomic E-state index is 12.1. The molecule has 2 aromatic heterocycles. The molecule has 3 aromatic rings. The van der Waals surface area contributed by atoms with Crippen molar-refractivity contribution in [3.8, 4) is 0 Å². The summed E-state index contributed by atoms with van der Waals surface area (Å²) in [6.45, 7) is 0. The van der Waals surface area contributed by atoms with Gasteiger partial charge in [-0.05, 0) is 48.0 Å². The van der Waals surface area contributed by atoms with Crippen LogP contribution in [0.5, 0.6) is 0 Å². The van der Waals surface area contributed by atoms with E-state index in [2.05, 4.69) is 20.6 Å². The van der Waals surface area contributed by atoms with Crippen LogP contribution in [-0.4, -0.2) is 21.8 Å². The molecule has 0 radical (unpaired) electrons. The number of hydrogen-bond donors (Lipinski definition) is 2. The SMILES string of the molecule is O=C(C=Cc1ccncc1)Nc1ccc(NC(=O)c2ccccc2)nc1. The molecule has 0 saturated carbocycles. The Morgan fingerprint density at radius 3 is 2.35 bits per heavy atom. The van der Waals surface area contributed by atoms with Gasteiger partial charge in [-0.15, -0.1) is 0 Å². The molecule has 0 saturated heterocycles. The van der Waals surface area contributed by atoms with Crippen molar-refractivity contribution in [2.45, 2.75) is 0 Å². The summed E-state index contributed by atoms with van der Waals surface area (Å²) >= 11 is 0. The molecule has 1 aromatic carbocycles. The van der Waals surface area contributed by atoms with Gasteiger partial charge in [0.05, 0.1) is 11.9 Å². The fourth-order valence-electron chi connectivity index (χ4n) is 2.15. The van der Waals surface area contributed by atoms with Gasteiger partial charge in [0.25, 0.3) is 5.91 Å². The summed E-state index contributed by atoms with van der Waals surface area (Å²) in [5.74, 6) is -0.107. The summed E-state index contributed by atoms with van der Waals surface area (Å²) in [4.78, 5) is 32.0. The van der Waals surface area contributed by atoms with Crippen molar-refractivity contribution >= 4 is 29.4 Å². The van der Waals surface area contributed by atoms with E-state index < -0.39 is 0 Å². The quantitative estimate of drug-likeness (QED) is 0.695. The molecule has 2 heterocycles. The highest BCUT2D eigenvalue weighted by atomic mass is 16.2. The second-order valence-electron chi connectivity index (χ2n) is 5.36. The Morgan fingerprint density at radius 1 is 0.885 bits per heavy atom. The molecule has 128 valence electrons. The number of nitrogens with zero attached hydrogens (tertiary/aromatic N) is 2. The summed E-state index contributed by atoms with van der Waals surface area (Å²) in [7, 11) is 0. The predicted molar refractivity (Wildman–Crippen MR) is 101 cm³/mol. The Hall–Kier alpha value is -3.80. The number of nitrogens with one attached hydrogen (secondary N) is 2. The van der Waals surface area contributed by atoms with Gasteiger partial charge < -0.3 is 10.6 Å². The minimum atomic E-state index is -0.273. The fourth-order valence-corrected chi connectivity index (χ4v) is 2.15. The van der Waals surface area contributed by atoms with Gasteiger partial charge in [0.2, 0.25) is 5.91 Å². The molecule has 0 aliphatic carbocycles. The van der Waals surface area contributed by atoms with Crippen LogP contribution in [0.1, 0.15) is 15.9 Å². The van der Waals surface area contributed by atoms with Crippen LogP contribution in [-0.2, 0) is 4.79 Å². The van der Waals surface area contributed by atoms with Gasteiger partial charge >= 0.3 is 0 Å². The molecule has 0 fully saturated rings. The van der Waals surface area contributed by atoms with E-state index in [9.17, 15) is 9.59 Å². The average Bonchev–Trinajstić information content (AvgIpc) is 2.69. The van der Waals surface area contributed by atoms with Crippen LogP contribution in [0.15, 0.2) is 79.3 Å². The number of carbonyl (C=O) groups excluding carboxylic acids is 2. The van der Waals surface area contributed by atoms with E-state index >= 15 is 0 Å². The van der Waals surface area contributed by atoms with Crippen LogP contribution in [0, 0.1) is 0 Å². The van der Waals surface area contributed by atoms with Crippen molar-refractivity contribution in [1.29, 1.82) is 0 Å². The van der Waals surface area contributed by atoms with E-state index in [1.807, 2.05) is 6.07 Å². The summed E-state index contributed by atoms with van der Waals surface area (Å²) in [6, 6.07) is 15.8. The minimum absolute atomic E-state index is 0.241. The van der Waals surface area contributed by atoms with E-state index in [1.54, 1.807) is 67.0 Å². The van der Waals surface area contributed by atoms with Crippen molar-refractivity contribution in [3.63, 3.8) is 0 Å². The first-order chi connectivity index (χ1) is 12.7. The second-order valence-corrected chi connectivity index (χ2v) is 5.36. The summed E-state index contributed by atoms with van der Waals surface area (Å²) < 4.78 is 0. The van der Waals surface area contributed by atoms with Gasteiger partial charge in [-0.2, -0.15) is 0 Å². The van der Waals surface area contributed by atoms with Crippen LogP contribution in [0.3, 0.4) is 0 Å². The van der Waals surface area contributed by atoms with Crippen molar-refractivity contribution in [1.82, 2.24) is 9.97 Å². The lowest BCUT2D eigenvalue weighted by Gasteiger charge is -2.06. The van der Waals surface area contributed by atoms with E-state index in [0.717, 1.165) is 5.56 Å². The molecule has 0 unspecified atom stereocenters. The lowest BCUT2D eigenvalue weighted by atomic mass is 10.2. The first kappa shape index (κ1) is 17.0. The first-order valence-electron chi connectivity index (χ1n) is 7.92. The summed E-state index contributed by atoms with van der Waals surface area (Å²) in [6.07, 6.45) is 7.92.